The fourth-order valence-corrected chi connectivity index (χ4v) is 1.76. The van der Waals surface area contributed by atoms with Gasteiger partial charge in [0.2, 0.25) is 0 Å². The fraction of sp³-hybridized carbons (Fsp3) is 0.417. The van der Waals surface area contributed by atoms with Crippen molar-refractivity contribution < 1.29 is 14.5 Å². The molecule has 0 saturated heterocycles. The van der Waals surface area contributed by atoms with E-state index in [-0.39, 0.29) is 11.3 Å². The first-order valence-corrected chi connectivity index (χ1v) is 6.03. The van der Waals surface area contributed by atoms with Gasteiger partial charge in [-0.3, -0.25) is 14.9 Å². The summed E-state index contributed by atoms with van der Waals surface area (Å²) in [4.78, 5) is 23.9. The minimum atomic E-state index is -0.591. The quantitative estimate of drug-likeness (QED) is 0.457. The second-order valence-corrected chi connectivity index (χ2v) is 4.43. The van der Waals surface area contributed by atoms with Crippen LogP contribution in [0, 0.1) is 10.1 Å². The molecule has 0 N–H and O–H groups in total. The Kier molecular flexibility index (Phi) is 5.72. The first-order chi connectivity index (χ1) is 8.97. The molecule has 0 aliphatic heterocycles. The van der Waals surface area contributed by atoms with Crippen molar-refractivity contribution in [1.29, 1.82) is 0 Å². The fourth-order valence-electron chi connectivity index (χ4n) is 1.59. The Morgan fingerprint density at radius 1 is 1.53 bits per heavy atom. The van der Waals surface area contributed by atoms with Gasteiger partial charge >= 0.3 is 0 Å². The van der Waals surface area contributed by atoms with Crippen molar-refractivity contribution in [3.8, 4) is 0 Å². The molecule has 0 atom stereocenters. The molecule has 0 fully saturated rings. The summed E-state index contributed by atoms with van der Waals surface area (Å²) in [7, 11) is 3.16. The number of nitrogens with zero attached hydrogens (tertiary/aromatic N) is 2. The number of ether oxygens (including phenoxy) is 1. The monoisotopic (exact) mass is 286 g/mol. The highest BCUT2D eigenvalue weighted by Gasteiger charge is 2.22. The van der Waals surface area contributed by atoms with Crippen molar-refractivity contribution in [2.45, 2.75) is 6.42 Å². The van der Waals surface area contributed by atoms with Crippen LogP contribution in [0.5, 0.6) is 0 Å². The number of nitro groups is 1. The number of benzene rings is 1. The van der Waals surface area contributed by atoms with E-state index < -0.39 is 10.8 Å². The van der Waals surface area contributed by atoms with Gasteiger partial charge in [-0.15, -0.1) is 0 Å². The Labute approximate surface area is 116 Å². The summed E-state index contributed by atoms with van der Waals surface area (Å²) < 4.78 is 4.89. The average molecular weight is 287 g/mol. The van der Waals surface area contributed by atoms with Crippen molar-refractivity contribution >= 4 is 23.2 Å². The van der Waals surface area contributed by atoms with E-state index in [1.807, 2.05) is 0 Å². The van der Waals surface area contributed by atoms with E-state index in [2.05, 4.69) is 0 Å². The van der Waals surface area contributed by atoms with E-state index in [1.165, 1.54) is 23.1 Å². The number of nitro benzene ring substituents is 1. The van der Waals surface area contributed by atoms with Crippen LogP contribution in [0.2, 0.25) is 5.02 Å². The number of amides is 1. The maximum absolute atomic E-state index is 12.1. The number of halogens is 1. The summed E-state index contributed by atoms with van der Waals surface area (Å²) in [5.74, 6) is -0.426. The lowest BCUT2D eigenvalue weighted by Crippen LogP contribution is -2.29. The highest BCUT2D eigenvalue weighted by molar-refractivity contribution is 6.31. The van der Waals surface area contributed by atoms with Gasteiger partial charge < -0.3 is 9.64 Å². The first kappa shape index (κ1) is 15.4. The normalized spacial score (nSPS) is 10.3. The van der Waals surface area contributed by atoms with Crippen LogP contribution in [0.3, 0.4) is 0 Å². The molecule has 0 radical (unpaired) electrons. The Morgan fingerprint density at radius 3 is 2.79 bits per heavy atom. The summed E-state index contributed by atoms with van der Waals surface area (Å²) in [6.45, 7) is 0.978. The largest absolute Gasteiger partial charge is 0.385 e. The number of methoxy groups -OCH3 is 1. The summed E-state index contributed by atoms with van der Waals surface area (Å²) >= 11 is 5.78. The van der Waals surface area contributed by atoms with E-state index in [4.69, 9.17) is 16.3 Å². The van der Waals surface area contributed by atoms with E-state index >= 15 is 0 Å². The molecule has 0 aromatic heterocycles. The van der Waals surface area contributed by atoms with E-state index in [0.717, 1.165) is 0 Å². The highest BCUT2D eigenvalue weighted by atomic mass is 35.5. The SMILES string of the molecule is COCCCN(C)C(=O)c1cc(Cl)ccc1[N+](=O)[O-]. The van der Waals surface area contributed by atoms with Crippen molar-refractivity contribution in [1.82, 2.24) is 4.90 Å². The van der Waals surface area contributed by atoms with Gasteiger partial charge in [0.15, 0.2) is 0 Å². The summed E-state index contributed by atoms with van der Waals surface area (Å²) in [5.41, 5.74) is -0.245. The molecule has 0 saturated carbocycles. The van der Waals surface area contributed by atoms with E-state index in [9.17, 15) is 14.9 Å². The third-order valence-electron chi connectivity index (χ3n) is 2.57. The van der Waals surface area contributed by atoms with Gasteiger partial charge in [-0.2, -0.15) is 0 Å². The minimum Gasteiger partial charge on any atom is -0.385 e. The second kappa shape index (κ2) is 7.06. The van der Waals surface area contributed by atoms with Crippen LogP contribution in [-0.4, -0.2) is 43.0 Å². The van der Waals surface area contributed by atoms with E-state index in [1.54, 1.807) is 14.2 Å². The number of hydrogen-bond acceptors (Lipinski definition) is 4. The van der Waals surface area contributed by atoms with Gasteiger partial charge in [0.05, 0.1) is 4.92 Å². The van der Waals surface area contributed by atoms with Crippen molar-refractivity contribution in [3.05, 3.63) is 38.9 Å². The third-order valence-corrected chi connectivity index (χ3v) is 2.81. The lowest BCUT2D eigenvalue weighted by molar-refractivity contribution is -0.385. The Morgan fingerprint density at radius 2 is 2.21 bits per heavy atom. The lowest BCUT2D eigenvalue weighted by Gasteiger charge is -2.17. The van der Waals surface area contributed by atoms with Crippen LogP contribution in [0.25, 0.3) is 0 Å². The predicted molar refractivity (Wildman–Crippen MR) is 71.6 cm³/mol. The number of carbonyl (C=O) groups is 1. The van der Waals surface area contributed by atoms with Crippen molar-refractivity contribution in [2.24, 2.45) is 0 Å². The minimum absolute atomic E-state index is 0.00239. The molecule has 0 bridgehead atoms. The maximum Gasteiger partial charge on any atom is 0.282 e. The molecule has 0 aliphatic carbocycles. The molecular formula is C12H15ClN2O4. The summed E-state index contributed by atoms with van der Waals surface area (Å²) in [6, 6.07) is 3.94. The van der Waals surface area contributed by atoms with Gasteiger partial charge in [0.1, 0.15) is 5.56 Å². The molecular weight excluding hydrogens is 272 g/mol. The molecule has 1 aromatic carbocycles. The smallest absolute Gasteiger partial charge is 0.282 e. The molecule has 0 unspecified atom stereocenters. The topological polar surface area (TPSA) is 72.7 Å². The summed E-state index contributed by atoms with van der Waals surface area (Å²) in [5, 5.41) is 11.2. The van der Waals surface area contributed by atoms with Gasteiger partial charge in [-0.05, 0) is 18.6 Å². The van der Waals surface area contributed by atoms with Crippen LogP contribution >= 0.6 is 11.6 Å². The molecule has 1 rings (SSSR count). The molecule has 104 valence electrons. The Balaban J connectivity index is 2.91. The first-order valence-electron chi connectivity index (χ1n) is 5.65. The average Bonchev–Trinajstić information content (AvgIpc) is 2.37. The predicted octanol–water partition coefficient (Wildman–Crippen LogP) is 2.36. The van der Waals surface area contributed by atoms with E-state index in [0.29, 0.717) is 24.6 Å². The van der Waals surface area contributed by atoms with Crippen LogP contribution in [-0.2, 0) is 4.74 Å². The van der Waals surface area contributed by atoms with Crippen LogP contribution in [0.15, 0.2) is 18.2 Å². The van der Waals surface area contributed by atoms with Crippen LogP contribution in [0.4, 0.5) is 5.69 Å². The zero-order valence-corrected chi connectivity index (χ0v) is 11.5. The lowest BCUT2D eigenvalue weighted by atomic mass is 10.1. The third kappa shape index (κ3) is 4.18. The maximum atomic E-state index is 12.1. The Bertz CT molecular complexity index is 479. The molecule has 7 heteroatoms. The summed E-state index contributed by atoms with van der Waals surface area (Å²) in [6.07, 6.45) is 0.660. The molecule has 1 aromatic rings. The number of hydrogen-bond donors (Lipinski definition) is 0. The molecule has 1 amide bonds. The zero-order chi connectivity index (χ0) is 14.4. The Hall–Kier alpha value is -1.66. The van der Waals surface area contributed by atoms with Gasteiger partial charge in [-0.25, -0.2) is 0 Å². The number of carbonyl (C=O) groups excluding carboxylic acids is 1. The van der Waals surface area contributed by atoms with Gasteiger partial charge in [0.25, 0.3) is 11.6 Å². The second-order valence-electron chi connectivity index (χ2n) is 3.99. The number of rotatable bonds is 6. The van der Waals surface area contributed by atoms with Crippen LogP contribution < -0.4 is 0 Å². The van der Waals surface area contributed by atoms with Crippen molar-refractivity contribution in [3.63, 3.8) is 0 Å². The zero-order valence-electron chi connectivity index (χ0n) is 10.8. The molecule has 0 spiro atoms. The molecule has 0 heterocycles. The van der Waals surface area contributed by atoms with Crippen LogP contribution in [0.1, 0.15) is 16.8 Å². The standard InChI is InChI=1S/C12H15ClN2O4/c1-14(6-3-7-19-2)12(16)10-8-9(13)4-5-11(10)15(17)18/h4-5,8H,3,6-7H2,1-2H3. The molecule has 0 aliphatic rings. The highest BCUT2D eigenvalue weighted by Crippen LogP contribution is 2.23. The molecule has 6 nitrogen and oxygen atoms in total. The van der Waals surface area contributed by atoms with Crippen molar-refractivity contribution in [2.75, 3.05) is 27.3 Å². The molecule has 19 heavy (non-hydrogen) atoms. The van der Waals surface area contributed by atoms with Gasteiger partial charge in [0, 0.05) is 38.4 Å². The van der Waals surface area contributed by atoms with Gasteiger partial charge in [-0.1, -0.05) is 11.6 Å².